The summed E-state index contributed by atoms with van der Waals surface area (Å²) in [7, 11) is 0. The molecule has 0 saturated heterocycles. The summed E-state index contributed by atoms with van der Waals surface area (Å²) < 4.78 is 0. The van der Waals surface area contributed by atoms with Gasteiger partial charge in [0.1, 0.15) is 10.8 Å². The molecule has 0 spiro atoms. The molecule has 18 heavy (non-hydrogen) atoms. The second-order valence-corrected chi connectivity index (χ2v) is 4.42. The van der Waals surface area contributed by atoms with E-state index < -0.39 is 0 Å². The maximum Gasteiger partial charge on any atom is 0.135 e. The van der Waals surface area contributed by atoms with Crippen LogP contribution < -0.4 is 0 Å². The van der Waals surface area contributed by atoms with Crippen molar-refractivity contribution < 1.29 is 5.11 Å². The van der Waals surface area contributed by atoms with Gasteiger partial charge in [0.15, 0.2) is 0 Å². The predicted octanol–water partition coefficient (Wildman–Crippen LogP) is 4.87. The molecule has 0 bridgehead atoms. The second kappa shape index (κ2) is 5.80. The van der Waals surface area contributed by atoms with E-state index in [0.717, 1.165) is 0 Å². The molecule has 1 aromatic heterocycles. The molecule has 0 aliphatic rings. The average Bonchev–Trinajstić information content (AvgIpc) is 2.85. The molecular weight excluding hydrogens is 269 g/mol. The lowest BCUT2D eigenvalue weighted by molar-refractivity contribution is 0.475. The van der Waals surface area contributed by atoms with Gasteiger partial charge in [-0.2, -0.15) is 0 Å². The van der Waals surface area contributed by atoms with Crippen molar-refractivity contribution in [3.05, 3.63) is 64.8 Å². The number of fused-ring (bicyclic) bond motifs is 1. The first-order chi connectivity index (χ1) is 8.68. The SMILES string of the molecule is Oc1cccc(Cl)c1Cl.c1ccc2[nH]ccc2c1. The van der Waals surface area contributed by atoms with E-state index in [2.05, 4.69) is 23.2 Å². The molecule has 0 fully saturated rings. The van der Waals surface area contributed by atoms with Crippen LogP contribution in [0.15, 0.2) is 54.7 Å². The third kappa shape index (κ3) is 2.97. The monoisotopic (exact) mass is 279 g/mol. The van der Waals surface area contributed by atoms with E-state index in [-0.39, 0.29) is 10.8 Å². The largest absolute Gasteiger partial charge is 0.506 e. The number of hydrogen-bond acceptors (Lipinski definition) is 1. The van der Waals surface area contributed by atoms with Crippen LogP contribution in [-0.2, 0) is 0 Å². The van der Waals surface area contributed by atoms with Crippen LogP contribution in [0.3, 0.4) is 0 Å². The highest BCUT2D eigenvalue weighted by molar-refractivity contribution is 6.42. The topological polar surface area (TPSA) is 36.0 Å². The first-order valence-electron chi connectivity index (χ1n) is 5.33. The Morgan fingerprint density at radius 3 is 2.33 bits per heavy atom. The summed E-state index contributed by atoms with van der Waals surface area (Å²) in [6, 6.07) is 15.0. The Morgan fingerprint density at radius 1 is 0.889 bits per heavy atom. The third-order valence-corrected chi connectivity index (χ3v) is 3.20. The van der Waals surface area contributed by atoms with Gasteiger partial charge in [-0.3, -0.25) is 0 Å². The second-order valence-electron chi connectivity index (χ2n) is 3.64. The molecule has 0 saturated carbocycles. The van der Waals surface area contributed by atoms with E-state index >= 15 is 0 Å². The van der Waals surface area contributed by atoms with Crippen LogP contribution in [0.4, 0.5) is 0 Å². The number of phenols is 1. The zero-order valence-corrected chi connectivity index (χ0v) is 10.9. The minimum atomic E-state index is 0.0177. The molecular formula is C14H11Cl2NO. The van der Waals surface area contributed by atoms with E-state index in [9.17, 15) is 0 Å². The van der Waals surface area contributed by atoms with Crippen molar-refractivity contribution in [2.75, 3.05) is 0 Å². The summed E-state index contributed by atoms with van der Waals surface area (Å²) in [4.78, 5) is 3.12. The first-order valence-corrected chi connectivity index (χ1v) is 6.09. The minimum Gasteiger partial charge on any atom is -0.506 e. The summed E-state index contributed by atoms with van der Waals surface area (Å²) in [6.45, 7) is 0. The molecule has 3 aromatic rings. The first kappa shape index (κ1) is 12.8. The van der Waals surface area contributed by atoms with E-state index in [1.165, 1.54) is 17.0 Å². The molecule has 0 radical (unpaired) electrons. The van der Waals surface area contributed by atoms with Gasteiger partial charge in [-0.1, -0.05) is 47.5 Å². The number of H-pyrrole nitrogens is 1. The Morgan fingerprint density at radius 2 is 1.67 bits per heavy atom. The number of aromatic amines is 1. The number of aromatic hydroxyl groups is 1. The third-order valence-electron chi connectivity index (χ3n) is 2.39. The fourth-order valence-corrected chi connectivity index (χ4v) is 1.78. The molecule has 0 atom stereocenters. The number of benzene rings is 2. The number of para-hydroxylation sites is 1. The lowest BCUT2D eigenvalue weighted by atomic mass is 10.3. The zero-order valence-electron chi connectivity index (χ0n) is 9.40. The Bertz CT molecular complexity index is 599. The van der Waals surface area contributed by atoms with Crippen molar-refractivity contribution in [3.63, 3.8) is 0 Å². The molecule has 0 unspecified atom stereocenters. The van der Waals surface area contributed by atoms with E-state index in [4.69, 9.17) is 28.3 Å². The summed E-state index contributed by atoms with van der Waals surface area (Å²) in [6.07, 6.45) is 1.95. The molecule has 2 nitrogen and oxygen atoms in total. The van der Waals surface area contributed by atoms with Gasteiger partial charge in [0.25, 0.3) is 0 Å². The van der Waals surface area contributed by atoms with Crippen molar-refractivity contribution in [2.45, 2.75) is 0 Å². The van der Waals surface area contributed by atoms with Gasteiger partial charge in [-0.05, 0) is 29.7 Å². The van der Waals surface area contributed by atoms with Crippen LogP contribution in [0.2, 0.25) is 10.0 Å². The van der Waals surface area contributed by atoms with Crippen LogP contribution in [0.25, 0.3) is 10.9 Å². The highest BCUT2D eigenvalue weighted by Crippen LogP contribution is 2.29. The van der Waals surface area contributed by atoms with Gasteiger partial charge in [0.2, 0.25) is 0 Å². The highest BCUT2D eigenvalue weighted by atomic mass is 35.5. The summed E-state index contributed by atoms with van der Waals surface area (Å²) in [5.41, 5.74) is 1.21. The Kier molecular flexibility index (Phi) is 4.13. The normalized spacial score (nSPS) is 9.89. The summed E-state index contributed by atoms with van der Waals surface area (Å²) in [5.74, 6) is 0.0177. The molecule has 2 aromatic carbocycles. The maximum atomic E-state index is 8.88. The van der Waals surface area contributed by atoms with E-state index in [0.29, 0.717) is 5.02 Å². The van der Waals surface area contributed by atoms with Gasteiger partial charge in [0.05, 0.1) is 5.02 Å². The van der Waals surface area contributed by atoms with Gasteiger partial charge >= 0.3 is 0 Å². The maximum absolute atomic E-state index is 8.88. The summed E-state index contributed by atoms with van der Waals surface area (Å²) in [5, 5.41) is 10.7. The fraction of sp³-hybridized carbons (Fsp3) is 0. The Labute approximate surface area is 115 Å². The quantitative estimate of drug-likeness (QED) is 0.605. The average molecular weight is 280 g/mol. The molecule has 0 aliphatic carbocycles. The van der Waals surface area contributed by atoms with Crippen LogP contribution in [0.5, 0.6) is 5.75 Å². The van der Waals surface area contributed by atoms with Gasteiger partial charge in [-0.25, -0.2) is 0 Å². The predicted molar refractivity (Wildman–Crippen MR) is 76.4 cm³/mol. The number of nitrogens with one attached hydrogen (secondary N) is 1. The standard InChI is InChI=1S/C8H7N.C6H4Cl2O/c1-2-4-8-7(3-1)5-6-9-8;7-4-2-1-3-5(9)6(4)8/h1-6,9H;1-3,9H. The molecule has 4 heteroatoms. The van der Waals surface area contributed by atoms with Gasteiger partial charge in [0, 0.05) is 11.7 Å². The van der Waals surface area contributed by atoms with Crippen LogP contribution >= 0.6 is 23.2 Å². The number of hydrogen-bond donors (Lipinski definition) is 2. The van der Waals surface area contributed by atoms with Crippen molar-refractivity contribution >= 4 is 34.1 Å². The number of rotatable bonds is 0. The van der Waals surface area contributed by atoms with Crippen molar-refractivity contribution in [1.82, 2.24) is 4.98 Å². The number of halogens is 2. The molecule has 0 aliphatic heterocycles. The molecule has 1 heterocycles. The Balaban J connectivity index is 0.000000134. The van der Waals surface area contributed by atoms with E-state index in [1.54, 1.807) is 12.1 Å². The van der Waals surface area contributed by atoms with Crippen molar-refractivity contribution in [1.29, 1.82) is 0 Å². The van der Waals surface area contributed by atoms with Crippen LogP contribution in [0, 0.1) is 0 Å². The lowest BCUT2D eigenvalue weighted by Crippen LogP contribution is -1.67. The Hall–Kier alpha value is -1.64. The summed E-state index contributed by atoms with van der Waals surface area (Å²) >= 11 is 11.0. The van der Waals surface area contributed by atoms with Gasteiger partial charge in [-0.15, -0.1) is 0 Å². The molecule has 0 amide bonds. The number of aromatic nitrogens is 1. The van der Waals surface area contributed by atoms with Crippen LogP contribution in [-0.4, -0.2) is 10.1 Å². The lowest BCUT2D eigenvalue weighted by Gasteiger charge is -1.95. The molecule has 2 N–H and O–H groups in total. The molecule has 92 valence electrons. The van der Waals surface area contributed by atoms with Crippen molar-refractivity contribution in [2.24, 2.45) is 0 Å². The van der Waals surface area contributed by atoms with Crippen LogP contribution in [0.1, 0.15) is 0 Å². The van der Waals surface area contributed by atoms with E-state index in [1.807, 2.05) is 18.3 Å². The highest BCUT2D eigenvalue weighted by Gasteiger charge is 1.99. The zero-order chi connectivity index (χ0) is 13.0. The minimum absolute atomic E-state index is 0.0177. The smallest absolute Gasteiger partial charge is 0.135 e. The van der Waals surface area contributed by atoms with Gasteiger partial charge < -0.3 is 10.1 Å². The van der Waals surface area contributed by atoms with Crippen molar-refractivity contribution in [3.8, 4) is 5.75 Å². The fourth-order valence-electron chi connectivity index (χ4n) is 1.49. The number of phenolic OH excluding ortho intramolecular Hbond substituents is 1. The molecule has 3 rings (SSSR count).